The average molecular weight is 474 g/mol. The SMILES string of the molecule is CN(C)c1ccc(C=NNC(=O)c2cc(-c3ccccc3OCc3ccc(Cl)cc3)n[nH]2)cc1. The maximum Gasteiger partial charge on any atom is 0.289 e. The smallest absolute Gasteiger partial charge is 0.289 e. The van der Waals surface area contributed by atoms with E-state index in [9.17, 15) is 4.79 Å². The molecule has 4 rings (SSSR count). The van der Waals surface area contributed by atoms with Crippen LogP contribution in [0.15, 0.2) is 84.0 Å². The summed E-state index contributed by atoms with van der Waals surface area (Å²) in [6.45, 7) is 0.385. The number of hydrogen-bond acceptors (Lipinski definition) is 5. The molecule has 0 saturated heterocycles. The molecule has 0 radical (unpaired) electrons. The third kappa shape index (κ3) is 5.82. The van der Waals surface area contributed by atoms with Crippen molar-refractivity contribution < 1.29 is 9.53 Å². The van der Waals surface area contributed by atoms with E-state index in [-0.39, 0.29) is 5.91 Å². The van der Waals surface area contributed by atoms with Crippen LogP contribution in [0.4, 0.5) is 5.69 Å². The van der Waals surface area contributed by atoms with Crippen LogP contribution in [0.3, 0.4) is 0 Å². The second-order valence-electron chi connectivity index (χ2n) is 7.76. The summed E-state index contributed by atoms with van der Waals surface area (Å²) >= 11 is 5.95. The Hall–Kier alpha value is -4.10. The summed E-state index contributed by atoms with van der Waals surface area (Å²) < 4.78 is 6.00. The van der Waals surface area contributed by atoms with E-state index in [1.807, 2.05) is 91.8 Å². The van der Waals surface area contributed by atoms with E-state index in [1.54, 1.807) is 12.3 Å². The summed E-state index contributed by atoms with van der Waals surface area (Å²) in [5, 5.41) is 11.8. The molecule has 0 aliphatic heterocycles. The predicted octanol–water partition coefficient (Wildman–Crippen LogP) is 5.14. The number of H-pyrrole nitrogens is 1. The molecule has 1 aromatic heterocycles. The molecule has 0 spiro atoms. The van der Waals surface area contributed by atoms with Gasteiger partial charge < -0.3 is 9.64 Å². The minimum absolute atomic E-state index is 0.294. The van der Waals surface area contributed by atoms with Gasteiger partial charge in [-0.3, -0.25) is 9.89 Å². The van der Waals surface area contributed by atoms with Gasteiger partial charge in [0.15, 0.2) is 0 Å². The highest BCUT2D eigenvalue weighted by Crippen LogP contribution is 2.29. The summed E-state index contributed by atoms with van der Waals surface area (Å²) in [6.07, 6.45) is 1.59. The van der Waals surface area contributed by atoms with Crippen LogP contribution < -0.4 is 15.1 Å². The number of nitrogens with zero attached hydrogens (tertiary/aromatic N) is 3. The third-order valence-electron chi connectivity index (χ3n) is 5.08. The van der Waals surface area contributed by atoms with E-state index in [0.717, 1.165) is 22.4 Å². The van der Waals surface area contributed by atoms with E-state index < -0.39 is 0 Å². The molecule has 0 aliphatic rings. The molecule has 8 heteroatoms. The molecule has 0 aliphatic carbocycles. The fourth-order valence-electron chi connectivity index (χ4n) is 3.21. The monoisotopic (exact) mass is 473 g/mol. The maximum absolute atomic E-state index is 12.5. The molecular weight excluding hydrogens is 450 g/mol. The van der Waals surface area contributed by atoms with Gasteiger partial charge in [0.25, 0.3) is 5.91 Å². The highest BCUT2D eigenvalue weighted by molar-refractivity contribution is 6.30. The Bertz CT molecular complexity index is 1280. The van der Waals surface area contributed by atoms with Gasteiger partial charge in [0.1, 0.15) is 18.1 Å². The van der Waals surface area contributed by atoms with Crippen LogP contribution in [0.2, 0.25) is 5.02 Å². The standard InChI is InChI=1S/C26H24ClN5O2/c1-32(2)21-13-9-18(10-14-21)16-28-31-26(33)24-15-23(29-30-24)22-5-3-4-6-25(22)34-17-19-7-11-20(27)12-8-19/h3-16H,17H2,1-2H3,(H,29,30)(H,31,33). The third-order valence-corrected chi connectivity index (χ3v) is 5.33. The number of hydrazone groups is 1. The molecule has 7 nitrogen and oxygen atoms in total. The maximum atomic E-state index is 12.5. The Kier molecular flexibility index (Phi) is 7.25. The number of para-hydroxylation sites is 1. The normalized spacial score (nSPS) is 10.9. The average Bonchev–Trinajstić information content (AvgIpc) is 3.34. The quantitative estimate of drug-likeness (QED) is 0.274. The molecule has 2 N–H and O–H groups in total. The number of carbonyl (C=O) groups is 1. The summed E-state index contributed by atoms with van der Waals surface area (Å²) in [4.78, 5) is 14.5. The van der Waals surface area contributed by atoms with Crippen molar-refractivity contribution in [1.29, 1.82) is 0 Å². The first kappa shape index (κ1) is 23.1. The topological polar surface area (TPSA) is 82.6 Å². The number of anilines is 1. The highest BCUT2D eigenvalue weighted by atomic mass is 35.5. The molecule has 0 fully saturated rings. The van der Waals surface area contributed by atoms with Gasteiger partial charge >= 0.3 is 0 Å². The van der Waals surface area contributed by atoms with Gasteiger partial charge in [-0.2, -0.15) is 10.2 Å². The lowest BCUT2D eigenvalue weighted by atomic mass is 10.1. The molecule has 0 atom stereocenters. The zero-order valence-corrected chi connectivity index (χ0v) is 19.6. The van der Waals surface area contributed by atoms with E-state index in [1.165, 1.54) is 0 Å². The largest absolute Gasteiger partial charge is 0.488 e. The molecule has 34 heavy (non-hydrogen) atoms. The lowest BCUT2D eigenvalue weighted by molar-refractivity contribution is 0.0950. The van der Waals surface area contributed by atoms with Crippen LogP contribution in [0, 0.1) is 0 Å². The second-order valence-corrected chi connectivity index (χ2v) is 8.20. The van der Waals surface area contributed by atoms with Gasteiger partial charge in [-0.05, 0) is 53.6 Å². The van der Waals surface area contributed by atoms with Crippen LogP contribution >= 0.6 is 11.6 Å². The summed E-state index contributed by atoms with van der Waals surface area (Å²) in [5.41, 5.74) is 7.15. The summed E-state index contributed by atoms with van der Waals surface area (Å²) in [6, 6.07) is 24.5. The highest BCUT2D eigenvalue weighted by Gasteiger charge is 2.14. The number of ether oxygens (including phenoxy) is 1. The van der Waals surface area contributed by atoms with Crippen LogP contribution in [0.25, 0.3) is 11.3 Å². The number of amides is 1. The van der Waals surface area contributed by atoms with Crippen molar-refractivity contribution in [3.05, 3.63) is 101 Å². The molecule has 1 amide bonds. The Morgan fingerprint density at radius 1 is 1.09 bits per heavy atom. The predicted molar refractivity (Wildman–Crippen MR) is 136 cm³/mol. The zero-order chi connectivity index (χ0) is 23.9. The van der Waals surface area contributed by atoms with Gasteiger partial charge in [-0.25, -0.2) is 5.43 Å². The summed E-state index contributed by atoms with van der Waals surface area (Å²) in [5.74, 6) is 0.273. The zero-order valence-electron chi connectivity index (χ0n) is 18.8. The van der Waals surface area contributed by atoms with Gasteiger partial charge in [0, 0.05) is 30.4 Å². The Morgan fingerprint density at radius 2 is 1.82 bits per heavy atom. The Labute approximate surface area is 203 Å². The Morgan fingerprint density at radius 3 is 2.56 bits per heavy atom. The minimum atomic E-state index is -0.389. The first-order chi connectivity index (χ1) is 16.5. The lowest BCUT2D eigenvalue weighted by Crippen LogP contribution is -2.18. The molecule has 0 bridgehead atoms. The van der Waals surface area contributed by atoms with Crippen molar-refractivity contribution >= 4 is 29.4 Å². The number of carbonyl (C=O) groups excluding carboxylic acids is 1. The van der Waals surface area contributed by atoms with Crippen molar-refractivity contribution in [1.82, 2.24) is 15.6 Å². The summed E-state index contributed by atoms with van der Waals surface area (Å²) in [7, 11) is 3.96. The van der Waals surface area contributed by atoms with Gasteiger partial charge in [0.05, 0.1) is 11.9 Å². The number of rotatable bonds is 8. The molecular formula is C26H24ClN5O2. The van der Waals surface area contributed by atoms with Crippen molar-refractivity contribution in [2.45, 2.75) is 6.61 Å². The number of aromatic amines is 1. The van der Waals surface area contributed by atoms with Crippen molar-refractivity contribution in [3.63, 3.8) is 0 Å². The van der Waals surface area contributed by atoms with Gasteiger partial charge in [-0.15, -0.1) is 0 Å². The number of hydrogen-bond donors (Lipinski definition) is 2. The lowest BCUT2D eigenvalue weighted by Gasteiger charge is -2.11. The van der Waals surface area contributed by atoms with Crippen LogP contribution in [0.1, 0.15) is 21.6 Å². The van der Waals surface area contributed by atoms with Gasteiger partial charge in [-0.1, -0.05) is 48.0 Å². The number of nitrogens with one attached hydrogen (secondary N) is 2. The van der Waals surface area contributed by atoms with E-state index in [4.69, 9.17) is 16.3 Å². The van der Waals surface area contributed by atoms with Crippen LogP contribution in [-0.2, 0) is 6.61 Å². The first-order valence-corrected chi connectivity index (χ1v) is 11.0. The minimum Gasteiger partial charge on any atom is -0.488 e. The Balaban J connectivity index is 1.40. The van der Waals surface area contributed by atoms with E-state index >= 15 is 0 Å². The van der Waals surface area contributed by atoms with Crippen molar-refractivity contribution in [2.24, 2.45) is 5.10 Å². The first-order valence-electron chi connectivity index (χ1n) is 10.6. The van der Waals surface area contributed by atoms with E-state index in [0.29, 0.717) is 28.8 Å². The molecule has 0 saturated carbocycles. The fraction of sp³-hybridized carbons (Fsp3) is 0.115. The van der Waals surface area contributed by atoms with Crippen molar-refractivity contribution in [2.75, 3.05) is 19.0 Å². The molecule has 172 valence electrons. The van der Waals surface area contributed by atoms with Crippen molar-refractivity contribution in [3.8, 4) is 17.0 Å². The number of aromatic nitrogens is 2. The van der Waals surface area contributed by atoms with E-state index in [2.05, 4.69) is 20.7 Å². The van der Waals surface area contributed by atoms with Crippen LogP contribution in [-0.4, -0.2) is 36.4 Å². The number of benzene rings is 3. The fourth-order valence-corrected chi connectivity index (χ4v) is 3.33. The van der Waals surface area contributed by atoms with Gasteiger partial charge in [0.2, 0.25) is 0 Å². The van der Waals surface area contributed by atoms with Crippen LogP contribution in [0.5, 0.6) is 5.75 Å². The second kappa shape index (κ2) is 10.7. The molecule has 0 unspecified atom stereocenters. The molecule has 1 heterocycles. The molecule has 3 aromatic carbocycles. The number of halogens is 1. The molecule has 4 aromatic rings.